The maximum Gasteiger partial charge on any atom is 0.324 e. The van der Waals surface area contributed by atoms with E-state index in [-0.39, 0.29) is 0 Å². The first-order valence-corrected chi connectivity index (χ1v) is 4.44. The standard InChI is InChI=1S/C7H10BrN3O2/c1-13-7(12)6(9)4-11-3-5(8)2-10-11/h2-3,6H,4,9H2,1H3/t6-/m1/s1. The van der Waals surface area contributed by atoms with Gasteiger partial charge in [-0.05, 0) is 15.9 Å². The minimum Gasteiger partial charge on any atom is -0.468 e. The van der Waals surface area contributed by atoms with Gasteiger partial charge < -0.3 is 10.5 Å². The smallest absolute Gasteiger partial charge is 0.324 e. The van der Waals surface area contributed by atoms with E-state index in [4.69, 9.17) is 5.73 Å². The number of rotatable bonds is 3. The summed E-state index contributed by atoms with van der Waals surface area (Å²) in [6.07, 6.45) is 3.37. The van der Waals surface area contributed by atoms with Crippen LogP contribution >= 0.6 is 15.9 Å². The number of hydrogen-bond donors (Lipinski definition) is 1. The second-order valence-corrected chi connectivity index (χ2v) is 3.43. The van der Waals surface area contributed by atoms with Crippen LogP contribution in [0.4, 0.5) is 0 Å². The van der Waals surface area contributed by atoms with Crippen LogP contribution in [0.2, 0.25) is 0 Å². The predicted octanol–water partition coefficient (Wildman–Crippen LogP) is 0.146. The molecule has 0 saturated carbocycles. The highest BCUT2D eigenvalue weighted by Gasteiger charge is 2.14. The van der Waals surface area contributed by atoms with Crippen LogP contribution in [-0.2, 0) is 16.1 Å². The molecule has 0 saturated heterocycles. The number of hydrogen-bond acceptors (Lipinski definition) is 4. The Morgan fingerprint density at radius 1 is 1.92 bits per heavy atom. The van der Waals surface area contributed by atoms with Crippen LogP contribution in [0.1, 0.15) is 0 Å². The number of nitrogens with two attached hydrogens (primary N) is 1. The first-order chi connectivity index (χ1) is 6.13. The van der Waals surface area contributed by atoms with Crippen molar-refractivity contribution in [3.63, 3.8) is 0 Å². The molecule has 0 bridgehead atoms. The normalized spacial score (nSPS) is 12.5. The van der Waals surface area contributed by atoms with E-state index in [1.54, 1.807) is 17.1 Å². The summed E-state index contributed by atoms with van der Waals surface area (Å²) in [5, 5.41) is 3.95. The molecule has 1 aromatic heterocycles. The van der Waals surface area contributed by atoms with Crippen LogP contribution < -0.4 is 5.73 Å². The zero-order chi connectivity index (χ0) is 9.84. The molecule has 6 heteroatoms. The maximum absolute atomic E-state index is 10.9. The van der Waals surface area contributed by atoms with E-state index in [0.29, 0.717) is 6.54 Å². The molecule has 1 atom stereocenters. The van der Waals surface area contributed by atoms with Crippen LogP contribution in [0.5, 0.6) is 0 Å². The van der Waals surface area contributed by atoms with Gasteiger partial charge in [0.05, 0.1) is 24.3 Å². The van der Waals surface area contributed by atoms with Gasteiger partial charge in [-0.25, -0.2) is 0 Å². The number of methoxy groups -OCH3 is 1. The Morgan fingerprint density at radius 3 is 3.08 bits per heavy atom. The summed E-state index contributed by atoms with van der Waals surface area (Å²) in [5.41, 5.74) is 5.52. The van der Waals surface area contributed by atoms with E-state index in [9.17, 15) is 4.79 Å². The monoisotopic (exact) mass is 247 g/mol. The summed E-state index contributed by atoms with van der Waals surface area (Å²) in [6.45, 7) is 0.318. The van der Waals surface area contributed by atoms with Crippen molar-refractivity contribution in [2.24, 2.45) is 5.73 Å². The highest BCUT2D eigenvalue weighted by Crippen LogP contribution is 2.06. The summed E-state index contributed by atoms with van der Waals surface area (Å²) in [4.78, 5) is 10.9. The minimum atomic E-state index is -0.670. The molecule has 0 aliphatic rings. The van der Waals surface area contributed by atoms with Gasteiger partial charge in [0, 0.05) is 6.20 Å². The first-order valence-electron chi connectivity index (χ1n) is 3.65. The van der Waals surface area contributed by atoms with Gasteiger partial charge >= 0.3 is 5.97 Å². The lowest BCUT2D eigenvalue weighted by Gasteiger charge is -2.08. The van der Waals surface area contributed by atoms with Crippen LogP contribution in [-0.4, -0.2) is 28.9 Å². The maximum atomic E-state index is 10.9. The molecule has 0 fully saturated rings. The van der Waals surface area contributed by atoms with E-state index >= 15 is 0 Å². The van der Waals surface area contributed by atoms with Crippen molar-refractivity contribution < 1.29 is 9.53 Å². The van der Waals surface area contributed by atoms with Crippen molar-refractivity contribution >= 4 is 21.9 Å². The fourth-order valence-corrected chi connectivity index (χ4v) is 1.19. The van der Waals surface area contributed by atoms with Crippen molar-refractivity contribution in [3.05, 3.63) is 16.9 Å². The second-order valence-electron chi connectivity index (χ2n) is 2.51. The summed E-state index contributed by atoms with van der Waals surface area (Å²) < 4.78 is 6.90. The summed E-state index contributed by atoms with van der Waals surface area (Å²) in [6, 6.07) is -0.670. The van der Waals surface area contributed by atoms with Gasteiger partial charge in [-0.15, -0.1) is 0 Å². The third-order valence-electron chi connectivity index (χ3n) is 1.49. The van der Waals surface area contributed by atoms with Crippen molar-refractivity contribution in [2.75, 3.05) is 7.11 Å². The van der Waals surface area contributed by atoms with Crippen LogP contribution in [0.25, 0.3) is 0 Å². The van der Waals surface area contributed by atoms with Gasteiger partial charge in [0.25, 0.3) is 0 Å². The lowest BCUT2D eigenvalue weighted by molar-refractivity contribution is -0.142. The number of carbonyl (C=O) groups is 1. The lowest BCUT2D eigenvalue weighted by Crippen LogP contribution is -2.35. The van der Waals surface area contributed by atoms with E-state index in [2.05, 4.69) is 25.8 Å². The molecule has 13 heavy (non-hydrogen) atoms. The summed E-state index contributed by atoms with van der Waals surface area (Å²) in [7, 11) is 1.31. The van der Waals surface area contributed by atoms with Gasteiger partial charge in [0.1, 0.15) is 6.04 Å². The molecule has 1 heterocycles. The van der Waals surface area contributed by atoms with E-state index in [0.717, 1.165) is 4.47 Å². The number of ether oxygens (including phenoxy) is 1. The SMILES string of the molecule is COC(=O)[C@H](N)Cn1cc(Br)cn1. The third-order valence-corrected chi connectivity index (χ3v) is 1.90. The topological polar surface area (TPSA) is 70.1 Å². The molecule has 5 nitrogen and oxygen atoms in total. The molecule has 1 aromatic rings. The quantitative estimate of drug-likeness (QED) is 0.773. The Hall–Kier alpha value is -0.880. The zero-order valence-electron chi connectivity index (χ0n) is 7.11. The predicted molar refractivity (Wildman–Crippen MR) is 49.9 cm³/mol. The molecular weight excluding hydrogens is 238 g/mol. The van der Waals surface area contributed by atoms with E-state index in [1.165, 1.54) is 7.11 Å². The Kier molecular flexibility index (Phi) is 3.44. The third kappa shape index (κ3) is 2.82. The van der Waals surface area contributed by atoms with Gasteiger partial charge in [0.15, 0.2) is 0 Å². The molecule has 1 rings (SSSR count). The average Bonchev–Trinajstić information content (AvgIpc) is 2.49. The Balaban J connectivity index is 2.54. The van der Waals surface area contributed by atoms with E-state index in [1.807, 2.05) is 0 Å². The number of nitrogens with zero attached hydrogens (tertiary/aromatic N) is 2. The fraction of sp³-hybridized carbons (Fsp3) is 0.429. The summed E-state index contributed by atoms with van der Waals surface area (Å²) >= 11 is 3.24. The number of aromatic nitrogens is 2. The number of halogens is 1. The molecule has 0 radical (unpaired) electrons. The molecule has 0 aliphatic heterocycles. The first kappa shape index (κ1) is 10.2. The Labute approximate surface area is 84.0 Å². The van der Waals surface area contributed by atoms with Crippen LogP contribution in [0.15, 0.2) is 16.9 Å². The van der Waals surface area contributed by atoms with Crippen LogP contribution in [0.3, 0.4) is 0 Å². The molecule has 0 unspecified atom stereocenters. The second kappa shape index (κ2) is 4.38. The molecule has 72 valence electrons. The highest BCUT2D eigenvalue weighted by atomic mass is 79.9. The van der Waals surface area contributed by atoms with Crippen molar-refractivity contribution in [1.29, 1.82) is 0 Å². The molecule has 0 aliphatic carbocycles. The Morgan fingerprint density at radius 2 is 2.62 bits per heavy atom. The van der Waals surface area contributed by atoms with Gasteiger partial charge in [-0.3, -0.25) is 9.48 Å². The molecular formula is C7H10BrN3O2. The van der Waals surface area contributed by atoms with Crippen molar-refractivity contribution in [3.8, 4) is 0 Å². The molecule has 0 spiro atoms. The van der Waals surface area contributed by atoms with Crippen molar-refractivity contribution in [2.45, 2.75) is 12.6 Å². The van der Waals surface area contributed by atoms with Gasteiger partial charge in [0.2, 0.25) is 0 Å². The zero-order valence-corrected chi connectivity index (χ0v) is 8.69. The fourth-order valence-electron chi connectivity index (χ4n) is 0.866. The van der Waals surface area contributed by atoms with E-state index < -0.39 is 12.0 Å². The van der Waals surface area contributed by atoms with Gasteiger partial charge in [-0.2, -0.15) is 5.10 Å². The molecule has 0 amide bonds. The number of esters is 1. The largest absolute Gasteiger partial charge is 0.468 e. The van der Waals surface area contributed by atoms with Crippen LogP contribution in [0, 0.1) is 0 Å². The minimum absolute atomic E-state index is 0.318. The number of carbonyl (C=O) groups excluding carboxylic acids is 1. The van der Waals surface area contributed by atoms with Gasteiger partial charge in [-0.1, -0.05) is 0 Å². The highest BCUT2D eigenvalue weighted by molar-refractivity contribution is 9.10. The lowest BCUT2D eigenvalue weighted by atomic mass is 10.3. The Bertz CT molecular complexity index is 300. The average molecular weight is 248 g/mol. The molecule has 2 N–H and O–H groups in total. The van der Waals surface area contributed by atoms with Crippen molar-refractivity contribution in [1.82, 2.24) is 9.78 Å². The summed E-state index contributed by atoms with van der Waals surface area (Å²) in [5.74, 6) is -0.438. The molecule has 0 aromatic carbocycles.